The summed E-state index contributed by atoms with van der Waals surface area (Å²) in [4.78, 5) is 13.3. The third kappa shape index (κ3) is 4.96. The summed E-state index contributed by atoms with van der Waals surface area (Å²) in [6.45, 7) is 15.8. The van der Waals surface area contributed by atoms with E-state index in [2.05, 4.69) is 20.8 Å². The van der Waals surface area contributed by atoms with Crippen LogP contribution in [0.25, 0.3) is 5.70 Å². The zero-order valence-corrected chi connectivity index (χ0v) is 21.3. The van der Waals surface area contributed by atoms with Crippen LogP contribution < -0.4 is 10.3 Å². The van der Waals surface area contributed by atoms with Crippen molar-refractivity contribution in [1.29, 1.82) is 0 Å². The first-order chi connectivity index (χ1) is 14.9. The fourth-order valence-corrected chi connectivity index (χ4v) is 5.18. The lowest BCUT2D eigenvalue weighted by Gasteiger charge is -2.43. The highest BCUT2D eigenvalue weighted by molar-refractivity contribution is 6.48. The van der Waals surface area contributed by atoms with Gasteiger partial charge in [0.15, 0.2) is 0 Å². The quantitative estimate of drug-likeness (QED) is 0.474. The van der Waals surface area contributed by atoms with Gasteiger partial charge in [-0.2, -0.15) is 13.2 Å². The van der Waals surface area contributed by atoms with Crippen LogP contribution >= 0.6 is 0 Å². The van der Waals surface area contributed by atoms with Crippen LogP contribution in [0.1, 0.15) is 58.2 Å². The molecule has 2 heterocycles. The first kappa shape index (κ1) is 25.3. The number of alkyl halides is 3. The maximum Gasteiger partial charge on any atom is 0.416 e. The first-order valence-corrected chi connectivity index (χ1v) is 13.2. The van der Waals surface area contributed by atoms with Crippen molar-refractivity contribution in [3.63, 3.8) is 0 Å². The second kappa shape index (κ2) is 8.16. The molecule has 0 saturated carbocycles. The molecule has 1 aromatic carbocycles. The second-order valence-corrected chi connectivity index (χ2v) is 12.4. The van der Waals surface area contributed by atoms with Crippen LogP contribution in [0.2, 0.25) is 13.1 Å². The van der Waals surface area contributed by atoms with E-state index < -0.39 is 32.0 Å². The van der Waals surface area contributed by atoms with E-state index >= 15 is 0 Å². The highest BCUT2D eigenvalue weighted by atomic mass is 28.3. The van der Waals surface area contributed by atoms with E-state index in [0.717, 1.165) is 17.7 Å². The van der Waals surface area contributed by atoms with Crippen LogP contribution in [0.4, 0.5) is 13.2 Å². The molecule has 2 aromatic rings. The van der Waals surface area contributed by atoms with Gasteiger partial charge in [-0.25, -0.2) is 0 Å². The van der Waals surface area contributed by atoms with Crippen molar-refractivity contribution < 1.29 is 22.3 Å². The molecular weight excluding hydrogens is 447 g/mol. The number of nitrogens with zero attached hydrogens (tertiary/aromatic N) is 1. The predicted octanol–water partition coefficient (Wildman–Crippen LogP) is 6.46. The lowest BCUT2D eigenvalue weighted by molar-refractivity contribution is -0.137. The maximum atomic E-state index is 13.4. The fraction of sp³-hybridized carbons (Fsp3) is 0.480. The molecule has 3 rings (SSSR count). The molecule has 1 unspecified atom stereocenters. The summed E-state index contributed by atoms with van der Waals surface area (Å²) in [5.41, 5.74) is -1.62. The molecule has 1 radical (unpaired) electrons. The zero-order chi connectivity index (χ0) is 25.0. The average molecular weight is 479 g/mol. The number of benzene rings is 1. The van der Waals surface area contributed by atoms with Gasteiger partial charge in [0.2, 0.25) is 9.04 Å². The average Bonchev–Trinajstić information content (AvgIpc) is 2.64. The predicted molar refractivity (Wildman–Crippen MR) is 126 cm³/mol. The van der Waals surface area contributed by atoms with E-state index in [1.165, 1.54) is 16.7 Å². The molecule has 1 atom stereocenters. The molecular formula is C25H31F3NO3Si. The Morgan fingerprint density at radius 2 is 1.64 bits per heavy atom. The van der Waals surface area contributed by atoms with Gasteiger partial charge in [0, 0.05) is 17.8 Å². The number of pyridine rings is 1. The summed E-state index contributed by atoms with van der Waals surface area (Å²) in [7, 11) is -1.08. The number of rotatable bonds is 4. The Bertz CT molecular complexity index is 1140. The van der Waals surface area contributed by atoms with E-state index in [9.17, 15) is 18.0 Å². The Balaban J connectivity index is 2.18. The Labute approximate surface area is 194 Å². The molecule has 1 aliphatic heterocycles. The van der Waals surface area contributed by atoms with Gasteiger partial charge in [-0.15, -0.1) is 0 Å². The van der Waals surface area contributed by atoms with Gasteiger partial charge in [-0.3, -0.25) is 9.36 Å². The third-order valence-corrected chi connectivity index (χ3v) is 6.83. The number of aromatic nitrogens is 1. The van der Waals surface area contributed by atoms with Gasteiger partial charge >= 0.3 is 6.18 Å². The number of fused-ring (bicyclic) bond motifs is 1. The van der Waals surface area contributed by atoms with E-state index in [-0.39, 0.29) is 16.5 Å². The molecule has 0 spiro atoms. The molecule has 4 nitrogen and oxygen atoms in total. The molecule has 8 heteroatoms. The van der Waals surface area contributed by atoms with Crippen molar-refractivity contribution in [1.82, 2.24) is 4.57 Å². The minimum Gasteiger partial charge on any atom is -0.483 e. The molecule has 0 N–H and O–H groups in total. The summed E-state index contributed by atoms with van der Waals surface area (Å²) in [6.07, 6.45) is -1.22. The topological polar surface area (TPSA) is 40.5 Å². The van der Waals surface area contributed by atoms with Gasteiger partial charge < -0.3 is 9.16 Å². The maximum absolute atomic E-state index is 13.4. The molecule has 179 valence electrons. The van der Waals surface area contributed by atoms with Crippen LogP contribution in [0, 0.1) is 5.41 Å². The van der Waals surface area contributed by atoms with Crippen molar-refractivity contribution >= 4 is 14.7 Å². The molecule has 1 aliphatic rings. The number of halogens is 3. The van der Waals surface area contributed by atoms with Gasteiger partial charge in [0.05, 0.1) is 16.9 Å². The minimum atomic E-state index is -4.51. The molecule has 0 fully saturated rings. The number of hydrogen-bond acceptors (Lipinski definition) is 3. The summed E-state index contributed by atoms with van der Waals surface area (Å²) in [5, 5.41) is 0. The summed E-state index contributed by atoms with van der Waals surface area (Å²) in [6, 6.07) is 6.66. The molecule has 0 bridgehead atoms. The first-order valence-electron chi connectivity index (χ1n) is 10.8. The van der Waals surface area contributed by atoms with Crippen molar-refractivity contribution in [2.45, 2.75) is 72.0 Å². The standard InChI is InChI=1S/C25H31F3NO3Si/c1-22(2,3)24(6,32-33(7)8)16-11-12-29(21(30)14-16)19-15-23(4,5)31-20-10-9-17(13-18(19)20)25(26,27)28/h9-15H,1-8H3. The van der Waals surface area contributed by atoms with Crippen LogP contribution in [-0.2, 0) is 16.2 Å². The SMILES string of the molecule is C[Si](C)OC(C)(c1ccn(C2=CC(C)(C)Oc3ccc(C(F)(F)F)cc32)c(=O)c1)C(C)(C)C. The Morgan fingerprint density at radius 1 is 1.00 bits per heavy atom. The van der Waals surface area contributed by atoms with Gasteiger partial charge in [0.25, 0.3) is 5.56 Å². The Morgan fingerprint density at radius 3 is 2.15 bits per heavy atom. The lowest BCUT2D eigenvalue weighted by Crippen LogP contribution is -2.43. The van der Waals surface area contributed by atoms with Gasteiger partial charge in [-0.05, 0) is 75.2 Å². The summed E-state index contributed by atoms with van der Waals surface area (Å²) in [5.74, 6) is 0.300. The zero-order valence-electron chi connectivity index (χ0n) is 20.3. The highest BCUT2D eigenvalue weighted by Crippen LogP contribution is 2.43. The highest BCUT2D eigenvalue weighted by Gasteiger charge is 2.41. The van der Waals surface area contributed by atoms with Crippen molar-refractivity contribution in [2.75, 3.05) is 0 Å². The monoisotopic (exact) mass is 478 g/mol. The van der Waals surface area contributed by atoms with Crippen LogP contribution in [0.5, 0.6) is 5.75 Å². The van der Waals surface area contributed by atoms with Gasteiger partial charge in [0.1, 0.15) is 11.4 Å². The molecule has 0 aliphatic carbocycles. The largest absolute Gasteiger partial charge is 0.483 e. The van der Waals surface area contributed by atoms with Crippen LogP contribution in [0.3, 0.4) is 0 Å². The van der Waals surface area contributed by atoms with E-state index in [1.54, 1.807) is 26.1 Å². The van der Waals surface area contributed by atoms with E-state index in [1.807, 2.05) is 26.1 Å². The van der Waals surface area contributed by atoms with E-state index in [4.69, 9.17) is 9.16 Å². The van der Waals surface area contributed by atoms with Gasteiger partial charge in [-0.1, -0.05) is 20.8 Å². The van der Waals surface area contributed by atoms with Crippen molar-refractivity contribution in [3.8, 4) is 5.75 Å². The number of ether oxygens (including phenoxy) is 1. The minimum absolute atomic E-state index is 0.224. The second-order valence-electron chi connectivity index (χ2n) is 10.4. The van der Waals surface area contributed by atoms with E-state index in [0.29, 0.717) is 11.4 Å². The van der Waals surface area contributed by atoms with Crippen LogP contribution in [0.15, 0.2) is 47.4 Å². The molecule has 0 saturated heterocycles. The normalized spacial score (nSPS) is 17.8. The Hall–Kier alpha value is -2.32. The molecule has 33 heavy (non-hydrogen) atoms. The summed E-state index contributed by atoms with van der Waals surface area (Å²) < 4.78 is 53.7. The Kier molecular flexibility index (Phi) is 6.26. The fourth-order valence-electron chi connectivity index (χ4n) is 3.94. The molecule has 0 amide bonds. The smallest absolute Gasteiger partial charge is 0.416 e. The lowest BCUT2D eigenvalue weighted by atomic mass is 9.74. The van der Waals surface area contributed by atoms with Crippen LogP contribution in [-0.4, -0.2) is 19.2 Å². The number of hydrogen-bond donors (Lipinski definition) is 0. The third-order valence-electron chi connectivity index (χ3n) is 6.01. The van der Waals surface area contributed by atoms with Crippen molar-refractivity contribution in [2.24, 2.45) is 5.41 Å². The molecule has 1 aromatic heterocycles. The summed E-state index contributed by atoms with van der Waals surface area (Å²) >= 11 is 0. The van der Waals surface area contributed by atoms with Crippen molar-refractivity contribution in [3.05, 3.63) is 69.6 Å².